The largest absolute Gasteiger partial charge is 0.475 e. The van der Waals surface area contributed by atoms with Gasteiger partial charge in [-0.25, -0.2) is 4.79 Å². The van der Waals surface area contributed by atoms with Gasteiger partial charge < -0.3 is 5.11 Å². The minimum absolute atomic E-state index is 0.393. The SMILES string of the molecule is O=C(O)C(=O)C1C=Cc2ccccc2C1=O. The molecule has 2 rings (SSSR count). The molecule has 4 heteroatoms. The number of fused-ring (bicyclic) bond motifs is 1. The average Bonchev–Trinajstić information content (AvgIpc) is 2.29. The van der Waals surface area contributed by atoms with Crippen LogP contribution in [0.15, 0.2) is 30.3 Å². The molecule has 1 aliphatic carbocycles. The van der Waals surface area contributed by atoms with Crippen LogP contribution < -0.4 is 0 Å². The van der Waals surface area contributed by atoms with E-state index in [0.29, 0.717) is 11.1 Å². The van der Waals surface area contributed by atoms with Crippen molar-refractivity contribution in [2.75, 3.05) is 0 Å². The monoisotopic (exact) mass is 216 g/mol. The van der Waals surface area contributed by atoms with Crippen LogP contribution in [0.25, 0.3) is 6.08 Å². The van der Waals surface area contributed by atoms with Gasteiger partial charge in [-0.1, -0.05) is 36.4 Å². The normalized spacial score (nSPS) is 18.0. The number of Topliss-reactive ketones (excluding diaryl/α,β-unsaturated/α-hetero) is 2. The number of allylic oxidation sites excluding steroid dienone is 1. The molecule has 80 valence electrons. The second kappa shape index (κ2) is 3.73. The lowest BCUT2D eigenvalue weighted by Crippen LogP contribution is -2.30. The van der Waals surface area contributed by atoms with E-state index >= 15 is 0 Å². The van der Waals surface area contributed by atoms with Crippen molar-refractivity contribution in [3.05, 3.63) is 41.5 Å². The maximum atomic E-state index is 11.8. The summed E-state index contributed by atoms with van der Waals surface area (Å²) < 4.78 is 0. The Morgan fingerprint density at radius 3 is 2.56 bits per heavy atom. The second-order valence-corrected chi connectivity index (χ2v) is 3.46. The Hall–Kier alpha value is -2.23. The van der Waals surface area contributed by atoms with Gasteiger partial charge in [0.15, 0.2) is 5.78 Å². The Labute approximate surface area is 91.2 Å². The number of aliphatic carboxylic acids is 1. The van der Waals surface area contributed by atoms with Gasteiger partial charge >= 0.3 is 5.97 Å². The summed E-state index contributed by atoms with van der Waals surface area (Å²) in [4.78, 5) is 33.6. The Bertz CT molecular complexity index is 514. The summed E-state index contributed by atoms with van der Waals surface area (Å²) >= 11 is 0. The lowest BCUT2D eigenvalue weighted by Gasteiger charge is -2.15. The summed E-state index contributed by atoms with van der Waals surface area (Å²) in [6.07, 6.45) is 2.93. The van der Waals surface area contributed by atoms with E-state index in [0.717, 1.165) is 0 Å². The van der Waals surface area contributed by atoms with E-state index in [1.807, 2.05) is 0 Å². The molecule has 0 bridgehead atoms. The van der Waals surface area contributed by atoms with Crippen LogP contribution in [0.3, 0.4) is 0 Å². The highest BCUT2D eigenvalue weighted by Gasteiger charge is 2.32. The van der Waals surface area contributed by atoms with Crippen LogP contribution in [0.5, 0.6) is 0 Å². The van der Waals surface area contributed by atoms with Crippen molar-refractivity contribution < 1.29 is 19.5 Å². The van der Waals surface area contributed by atoms with E-state index < -0.39 is 23.5 Å². The maximum Gasteiger partial charge on any atom is 0.373 e. The number of carbonyl (C=O) groups is 3. The molecule has 0 amide bonds. The Morgan fingerprint density at radius 1 is 1.19 bits per heavy atom. The molecule has 1 aromatic rings. The van der Waals surface area contributed by atoms with Gasteiger partial charge in [0.2, 0.25) is 0 Å². The molecule has 16 heavy (non-hydrogen) atoms. The van der Waals surface area contributed by atoms with Crippen molar-refractivity contribution in [2.24, 2.45) is 5.92 Å². The first-order valence-electron chi connectivity index (χ1n) is 4.70. The number of carboxylic acid groups (broad SMARTS) is 1. The smallest absolute Gasteiger partial charge is 0.373 e. The van der Waals surface area contributed by atoms with E-state index in [-0.39, 0.29) is 0 Å². The predicted molar refractivity (Wildman–Crippen MR) is 55.9 cm³/mol. The minimum atomic E-state index is -1.58. The van der Waals surface area contributed by atoms with E-state index in [9.17, 15) is 14.4 Å². The first-order valence-corrected chi connectivity index (χ1v) is 4.70. The van der Waals surface area contributed by atoms with Crippen LogP contribution in [0.1, 0.15) is 15.9 Å². The molecule has 0 fully saturated rings. The first-order chi connectivity index (χ1) is 7.61. The van der Waals surface area contributed by atoms with Crippen molar-refractivity contribution in [2.45, 2.75) is 0 Å². The lowest BCUT2D eigenvalue weighted by molar-refractivity contribution is -0.149. The van der Waals surface area contributed by atoms with Gasteiger partial charge in [0.05, 0.1) is 0 Å². The molecule has 0 saturated carbocycles. The maximum absolute atomic E-state index is 11.8. The summed E-state index contributed by atoms with van der Waals surface area (Å²) in [6.45, 7) is 0. The van der Waals surface area contributed by atoms with Crippen molar-refractivity contribution >= 4 is 23.6 Å². The van der Waals surface area contributed by atoms with E-state index in [1.165, 1.54) is 6.08 Å². The van der Waals surface area contributed by atoms with E-state index in [1.54, 1.807) is 30.3 Å². The zero-order valence-corrected chi connectivity index (χ0v) is 8.21. The molecule has 1 N–H and O–H groups in total. The molecule has 1 atom stereocenters. The topological polar surface area (TPSA) is 71.4 Å². The summed E-state index contributed by atoms with van der Waals surface area (Å²) in [5, 5.41) is 8.56. The van der Waals surface area contributed by atoms with Crippen LogP contribution in [-0.2, 0) is 9.59 Å². The zero-order valence-electron chi connectivity index (χ0n) is 8.21. The van der Waals surface area contributed by atoms with Crippen molar-refractivity contribution in [3.8, 4) is 0 Å². The summed E-state index contributed by atoms with van der Waals surface area (Å²) in [5.41, 5.74) is 1.10. The lowest BCUT2D eigenvalue weighted by atomic mass is 9.86. The summed E-state index contributed by atoms with van der Waals surface area (Å²) in [6, 6.07) is 6.78. The fraction of sp³-hybridized carbons (Fsp3) is 0.0833. The molecule has 0 heterocycles. The third-order valence-corrected chi connectivity index (χ3v) is 2.47. The number of hydrogen-bond acceptors (Lipinski definition) is 3. The third-order valence-electron chi connectivity index (χ3n) is 2.47. The predicted octanol–water partition coefficient (Wildman–Crippen LogP) is 1.17. The molecule has 1 aromatic carbocycles. The fourth-order valence-electron chi connectivity index (χ4n) is 1.66. The van der Waals surface area contributed by atoms with Crippen LogP contribution in [-0.4, -0.2) is 22.6 Å². The number of carbonyl (C=O) groups excluding carboxylic acids is 2. The summed E-state index contributed by atoms with van der Waals surface area (Å²) in [7, 11) is 0. The van der Waals surface area contributed by atoms with Gasteiger partial charge in [-0.05, 0) is 5.56 Å². The van der Waals surface area contributed by atoms with Gasteiger partial charge in [0.25, 0.3) is 5.78 Å². The first kappa shape index (κ1) is 10.3. The van der Waals surface area contributed by atoms with Crippen molar-refractivity contribution in [1.29, 1.82) is 0 Å². The van der Waals surface area contributed by atoms with Gasteiger partial charge in [0.1, 0.15) is 5.92 Å². The van der Waals surface area contributed by atoms with E-state index in [2.05, 4.69) is 0 Å². The average molecular weight is 216 g/mol. The van der Waals surface area contributed by atoms with Crippen LogP contribution in [0.2, 0.25) is 0 Å². The van der Waals surface area contributed by atoms with Gasteiger partial charge in [-0.15, -0.1) is 0 Å². The minimum Gasteiger partial charge on any atom is -0.475 e. The molecular formula is C12H8O4. The van der Waals surface area contributed by atoms with Crippen molar-refractivity contribution in [3.63, 3.8) is 0 Å². The Morgan fingerprint density at radius 2 is 1.88 bits per heavy atom. The highest BCUT2D eigenvalue weighted by atomic mass is 16.4. The molecule has 0 radical (unpaired) electrons. The molecule has 1 aliphatic rings. The number of rotatable bonds is 2. The van der Waals surface area contributed by atoms with Gasteiger partial charge in [-0.3, -0.25) is 9.59 Å². The number of benzene rings is 1. The molecule has 4 nitrogen and oxygen atoms in total. The molecule has 0 spiro atoms. The van der Waals surface area contributed by atoms with Crippen molar-refractivity contribution in [1.82, 2.24) is 0 Å². The highest BCUT2D eigenvalue weighted by Crippen LogP contribution is 2.23. The summed E-state index contributed by atoms with van der Waals surface area (Å²) in [5.74, 6) is -4.31. The third kappa shape index (κ3) is 1.54. The number of ketones is 2. The van der Waals surface area contributed by atoms with Crippen LogP contribution in [0, 0.1) is 5.92 Å². The van der Waals surface area contributed by atoms with Gasteiger partial charge in [0, 0.05) is 5.56 Å². The highest BCUT2D eigenvalue weighted by molar-refractivity contribution is 6.40. The molecule has 0 aliphatic heterocycles. The molecule has 1 unspecified atom stereocenters. The number of hydrogen-bond donors (Lipinski definition) is 1. The van der Waals surface area contributed by atoms with Crippen LogP contribution >= 0.6 is 0 Å². The Balaban J connectivity index is 2.42. The second-order valence-electron chi connectivity index (χ2n) is 3.46. The van der Waals surface area contributed by atoms with E-state index in [4.69, 9.17) is 5.11 Å². The molecule has 0 aromatic heterocycles. The molecule has 0 saturated heterocycles. The fourth-order valence-corrected chi connectivity index (χ4v) is 1.66. The molecular weight excluding hydrogens is 208 g/mol. The number of carboxylic acids is 1. The van der Waals surface area contributed by atoms with Crippen LogP contribution in [0.4, 0.5) is 0 Å². The Kier molecular flexibility index (Phi) is 2.40. The quantitative estimate of drug-likeness (QED) is 0.595. The standard InChI is InChI=1S/C12H8O4/c13-10-8-4-2-1-3-7(8)5-6-9(10)11(14)12(15)16/h1-6,9H,(H,15,16). The zero-order chi connectivity index (χ0) is 11.7. The van der Waals surface area contributed by atoms with Gasteiger partial charge in [-0.2, -0.15) is 0 Å².